The number of hydrogen-bond acceptors (Lipinski definition) is 5. The molecule has 94 valence electrons. The number of hydrogen-bond donors (Lipinski definition) is 3. The van der Waals surface area contributed by atoms with Crippen molar-refractivity contribution in [2.75, 3.05) is 18.4 Å². The van der Waals surface area contributed by atoms with Crippen LogP contribution < -0.4 is 10.6 Å². The Morgan fingerprint density at radius 1 is 1.47 bits per heavy atom. The van der Waals surface area contributed by atoms with Crippen LogP contribution in [0.2, 0.25) is 0 Å². The molecule has 3 N–H and O–H groups in total. The van der Waals surface area contributed by atoms with Gasteiger partial charge < -0.3 is 15.7 Å². The number of amides is 1. The summed E-state index contributed by atoms with van der Waals surface area (Å²) in [6, 6.07) is 0. The number of nitrogens with one attached hydrogen (secondary N) is 2. The number of carboxylic acid groups (broad SMARTS) is 1. The van der Waals surface area contributed by atoms with Crippen LogP contribution in [0.3, 0.4) is 0 Å². The molecule has 0 atom stereocenters. The molecular formula is C10H15N3O3S. The van der Waals surface area contributed by atoms with Gasteiger partial charge in [-0.15, -0.1) is 0 Å². The van der Waals surface area contributed by atoms with E-state index in [1.165, 1.54) is 0 Å². The summed E-state index contributed by atoms with van der Waals surface area (Å²) < 4.78 is 3.92. The van der Waals surface area contributed by atoms with Gasteiger partial charge >= 0.3 is 5.97 Å². The standard InChI is InChI=1S/C10H15N3O3S/c1-3-11-5-4-7(14)12-9-8(10(15)16)6(2)13-17-9/h11H,3-5H2,1-2H3,(H,12,14)(H,15,16). The van der Waals surface area contributed by atoms with Crippen LogP contribution >= 0.6 is 11.5 Å². The minimum atomic E-state index is -1.07. The summed E-state index contributed by atoms with van der Waals surface area (Å²) in [6.45, 7) is 4.93. The zero-order valence-corrected chi connectivity index (χ0v) is 10.6. The van der Waals surface area contributed by atoms with E-state index in [4.69, 9.17) is 5.11 Å². The van der Waals surface area contributed by atoms with E-state index in [-0.39, 0.29) is 11.5 Å². The maximum atomic E-state index is 11.5. The van der Waals surface area contributed by atoms with Crippen molar-refractivity contribution in [1.29, 1.82) is 0 Å². The van der Waals surface area contributed by atoms with Gasteiger partial charge in [-0.3, -0.25) is 4.79 Å². The Labute approximate surface area is 103 Å². The number of aromatic nitrogens is 1. The van der Waals surface area contributed by atoms with Crippen molar-refractivity contribution >= 4 is 28.4 Å². The molecule has 0 unspecified atom stereocenters. The first kappa shape index (κ1) is 13.6. The third-order valence-corrected chi connectivity index (χ3v) is 2.96. The zero-order chi connectivity index (χ0) is 12.8. The Morgan fingerprint density at radius 2 is 2.18 bits per heavy atom. The van der Waals surface area contributed by atoms with Crippen LogP contribution in [0.1, 0.15) is 29.4 Å². The molecule has 1 aromatic heterocycles. The van der Waals surface area contributed by atoms with Gasteiger partial charge in [0.25, 0.3) is 0 Å². The van der Waals surface area contributed by atoms with Gasteiger partial charge in [-0.1, -0.05) is 6.92 Å². The van der Waals surface area contributed by atoms with Crippen LogP contribution in [0.4, 0.5) is 5.00 Å². The van der Waals surface area contributed by atoms with Crippen molar-refractivity contribution in [3.8, 4) is 0 Å². The van der Waals surface area contributed by atoms with Gasteiger partial charge in [-0.25, -0.2) is 4.79 Å². The molecule has 17 heavy (non-hydrogen) atoms. The van der Waals surface area contributed by atoms with Crippen molar-refractivity contribution in [2.24, 2.45) is 0 Å². The molecule has 1 heterocycles. The summed E-state index contributed by atoms with van der Waals surface area (Å²) in [5.41, 5.74) is 0.497. The Balaban J connectivity index is 2.62. The molecule has 1 aromatic rings. The number of aromatic carboxylic acids is 1. The number of carbonyl (C=O) groups is 2. The van der Waals surface area contributed by atoms with Gasteiger partial charge in [-0.2, -0.15) is 4.37 Å². The van der Waals surface area contributed by atoms with Gasteiger partial charge in [-0.05, 0) is 25.0 Å². The predicted molar refractivity (Wildman–Crippen MR) is 65.6 cm³/mol. The molecule has 0 aliphatic rings. The third kappa shape index (κ3) is 3.79. The van der Waals surface area contributed by atoms with Gasteiger partial charge in [0, 0.05) is 13.0 Å². The fourth-order valence-corrected chi connectivity index (χ4v) is 2.08. The molecule has 0 aromatic carbocycles. The third-order valence-electron chi connectivity index (χ3n) is 2.11. The van der Waals surface area contributed by atoms with Gasteiger partial charge in [0.05, 0.1) is 5.69 Å². The highest BCUT2D eigenvalue weighted by Crippen LogP contribution is 2.24. The second kappa shape index (κ2) is 6.31. The largest absolute Gasteiger partial charge is 0.478 e. The van der Waals surface area contributed by atoms with E-state index in [0.717, 1.165) is 18.1 Å². The maximum Gasteiger partial charge on any atom is 0.340 e. The molecule has 0 fully saturated rings. The summed E-state index contributed by atoms with van der Waals surface area (Å²) in [6.07, 6.45) is 0.309. The molecule has 1 amide bonds. The SMILES string of the molecule is CCNCCC(=O)Nc1snc(C)c1C(=O)O. The van der Waals surface area contributed by atoms with Gasteiger partial charge in [0.2, 0.25) is 5.91 Å². The maximum absolute atomic E-state index is 11.5. The number of aryl methyl sites for hydroxylation is 1. The summed E-state index contributed by atoms with van der Waals surface area (Å²) >= 11 is 0.989. The highest BCUT2D eigenvalue weighted by molar-refractivity contribution is 7.11. The molecule has 0 saturated heterocycles. The number of carboxylic acids is 1. The van der Waals surface area contributed by atoms with Crippen molar-refractivity contribution in [3.63, 3.8) is 0 Å². The predicted octanol–water partition coefficient (Wildman–Crippen LogP) is 1.09. The van der Waals surface area contributed by atoms with Crippen LogP contribution in [-0.4, -0.2) is 34.4 Å². The van der Waals surface area contributed by atoms with Crippen LogP contribution in [-0.2, 0) is 4.79 Å². The average molecular weight is 257 g/mol. The summed E-state index contributed by atoms with van der Waals surface area (Å²) in [5, 5.41) is 14.9. The molecule has 0 bridgehead atoms. The molecule has 1 rings (SSSR count). The molecule has 0 radical (unpaired) electrons. The van der Waals surface area contributed by atoms with Crippen molar-refractivity contribution in [2.45, 2.75) is 20.3 Å². The Bertz CT molecular complexity index is 417. The first-order valence-electron chi connectivity index (χ1n) is 5.26. The minimum Gasteiger partial charge on any atom is -0.478 e. The van der Waals surface area contributed by atoms with Crippen molar-refractivity contribution < 1.29 is 14.7 Å². The van der Waals surface area contributed by atoms with Crippen LogP contribution in [0.5, 0.6) is 0 Å². The second-order valence-electron chi connectivity index (χ2n) is 3.43. The number of nitrogens with zero attached hydrogens (tertiary/aromatic N) is 1. The number of carbonyl (C=O) groups excluding carboxylic acids is 1. The van der Waals surface area contributed by atoms with E-state index in [0.29, 0.717) is 23.7 Å². The fourth-order valence-electron chi connectivity index (χ4n) is 1.27. The van der Waals surface area contributed by atoms with E-state index in [1.807, 2.05) is 6.92 Å². The van der Waals surface area contributed by atoms with E-state index < -0.39 is 5.97 Å². The molecule has 0 aliphatic carbocycles. The molecule has 7 heteroatoms. The molecular weight excluding hydrogens is 242 g/mol. The first-order valence-corrected chi connectivity index (χ1v) is 6.03. The molecule has 0 saturated carbocycles. The molecule has 0 spiro atoms. The van der Waals surface area contributed by atoms with Crippen LogP contribution in [0.15, 0.2) is 0 Å². The number of rotatable bonds is 6. The average Bonchev–Trinajstić information content (AvgIpc) is 2.60. The van der Waals surface area contributed by atoms with E-state index in [9.17, 15) is 9.59 Å². The first-order chi connectivity index (χ1) is 8.06. The van der Waals surface area contributed by atoms with Crippen LogP contribution in [0.25, 0.3) is 0 Å². The molecule has 0 aliphatic heterocycles. The normalized spacial score (nSPS) is 10.2. The minimum absolute atomic E-state index is 0.0757. The second-order valence-corrected chi connectivity index (χ2v) is 4.20. The summed E-state index contributed by atoms with van der Waals surface area (Å²) in [4.78, 5) is 22.5. The lowest BCUT2D eigenvalue weighted by atomic mass is 10.2. The fraction of sp³-hybridized carbons (Fsp3) is 0.500. The summed E-state index contributed by atoms with van der Waals surface area (Å²) in [7, 11) is 0. The van der Waals surface area contributed by atoms with Crippen LogP contribution in [0, 0.1) is 6.92 Å². The van der Waals surface area contributed by atoms with E-state index >= 15 is 0 Å². The van der Waals surface area contributed by atoms with Gasteiger partial charge in [0.1, 0.15) is 10.6 Å². The van der Waals surface area contributed by atoms with Gasteiger partial charge in [0.15, 0.2) is 0 Å². The quantitative estimate of drug-likeness (QED) is 0.663. The molecule has 6 nitrogen and oxygen atoms in total. The van der Waals surface area contributed by atoms with E-state index in [2.05, 4.69) is 15.0 Å². The van der Waals surface area contributed by atoms with E-state index in [1.54, 1.807) is 6.92 Å². The smallest absolute Gasteiger partial charge is 0.340 e. The summed E-state index contributed by atoms with van der Waals surface area (Å²) in [5.74, 6) is -1.28. The Hall–Kier alpha value is -1.47. The monoisotopic (exact) mass is 257 g/mol. The Kier molecular flexibility index (Phi) is 5.05. The lowest BCUT2D eigenvalue weighted by Crippen LogP contribution is -2.21. The number of anilines is 1. The zero-order valence-electron chi connectivity index (χ0n) is 9.74. The highest BCUT2D eigenvalue weighted by Gasteiger charge is 2.18. The highest BCUT2D eigenvalue weighted by atomic mass is 32.1. The van der Waals surface area contributed by atoms with Crippen molar-refractivity contribution in [3.05, 3.63) is 11.3 Å². The topological polar surface area (TPSA) is 91.3 Å². The van der Waals surface area contributed by atoms with Crippen molar-refractivity contribution in [1.82, 2.24) is 9.69 Å². The Morgan fingerprint density at radius 3 is 2.76 bits per heavy atom. The lowest BCUT2D eigenvalue weighted by Gasteiger charge is -2.04. The lowest BCUT2D eigenvalue weighted by molar-refractivity contribution is -0.116.